The monoisotopic (exact) mass is 304 g/mol. The van der Waals surface area contributed by atoms with Crippen molar-refractivity contribution in [2.45, 2.75) is 6.54 Å². The summed E-state index contributed by atoms with van der Waals surface area (Å²) in [6, 6.07) is 8.36. The molecule has 6 heteroatoms. The van der Waals surface area contributed by atoms with Crippen molar-refractivity contribution in [2.24, 2.45) is 0 Å². The molecule has 2 amide bonds. The molecule has 1 aliphatic rings. The lowest BCUT2D eigenvalue weighted by Gasteiger charge is -2.35. The molecule has 0 bridgehead atoms. The van der Waals surface area contributed by atoms with Gasteiger partial charge >= 0.3 is 6.03 Å². The minimum atomic E-state index is 0.106. The second-order valence-electron chi connectivity index (χ2n) is 5.52. The van der Waals surface area contributed by atoms with Gasteiger partial charge in [0.05, 0.1) is 16.8 Å². The standard InChI is InChI=1S/C15H20N4OS/c1-17(2)15(20)19-9-7-18(8-10-19)11-14-16-12-5-3-4-6-13(12)21-14/h3-6H,7-11H2,1-2H3. The molecule has 1 saturated heterocycles. The van der Waals surface area contributed by atoms with Crippen LogP contribution < -0.4 is 0 Å². The van der Waals surface area contributed by atoms with E-state index in [4.69, 9.17) is 0 Å². The van der Waals surface area contributed by atoms with Gasteiger partial charge in [0.2, 0.25) is 0 Å². The van der Waals surface area contributed by atoms with Crippen LogP contribution in [-0.4, -0.2) is 66.0 Å². The van der Waals surface area contributed by atoms with Gasteiger partial charge in [-0.05, 0) is 12.1 Å². The highest BCUT2D eigenvalue weighted by molar-refractivity contribution is 7.18. The van der Waals surface area contributed by atoms with Gasteiger partial charge in [-0.3, -0.25) is 4.90 Å². The van der Waals surface area contributed by atoms with Gasteiger partial charge in [-0.25, -0.2) is 9.78 Å². The molecule has 21 heavy (non-hydrogen) atoms. The summed E-state index contributed by atoms with van der Waals surface area (Å²) in [5.41, 5.74) is 1.08. The Labute approximate surface area is 128 Å². The Morgan fingerprint density at radius 3 is 2.62 bits per heavy atom. The molecule has 2 aromatic rings. The van der Waals surface area contributed by atoms with Crippen LogP contribution in [0.15, 0.2) is 24.3 Å². The molecule has 0 spiro atoms. The summed E-state index contributed by atoms with van der Waals surface area (Å²) in [7, 11) is 3.60. The van der Waals surface area contributed by atoms with E-state index in [1.807, 2.05) is 11.0 Å². The molecule has 0 atom stereocenters. The number of piperazine rings is 1. The first kappa shape index (κ1) is 14.3. The fourth-order valence-electron chi connectivity index (χ4n) is 2.56. The molecule has 3 rings (SSSR count). The quantitative estimate of drug-likeness (QED) is 0.853. The van der Waals surface area contributed by atoms with Crippen LogP contribution in [0.4, 0.5) is 4.79 Å². The molecule has 1 aromatic carbocycles. The second-order valence-corrected chi connectivity index (χ2v) is 6.63. The van der Waals surface area contributed by atoms with E-state index in [2.05, 4.69) is 28.1 Å². The number of carbonyl (C=O) groups excluding carboxylic acids is 1. The van der Waals surface area contributed by atoms with Crippen LogP contribution in [0.5, 0.6) is 0 Å². The Kier molecular flexibility index (Phi) is 4.07. The smallest absolute Gasteiger partial charge is 0.319 e. The minimum absolute atomic E-state index is 0.106. The lowest BCUT2D eigenvalue weighted by atomic mass is 10.3. The molecule has 112 valence electrons. The van der Waals surface area contributed by atoms with Crippen molar-refractivity contribution >= 4 is 27.6 Å². The first-order valence-corrected chi connectivity index (χ1v) is 7.98. The molecule has 0 saturated carbocycles. The minimum Gasteiger partial charge on any atom is -0.331 e. The van der Waals surface area contributed by atoms with E-state index in [9.17, 15) is 4.79 Å². The Morgan fingerprint density at radius 1 is 1.24 bits per heavy atom. The zero-order valence-corrected chi connectivity index (χ0v) is 13.3. The zero-order chi connectivity index (χ0) is 14.8. The number of aromatic nitrogens is 1. The van der Waals surface area contributed by atoms with Gasteiger partial charge in [0.25, 0.3) is 0 Å². The Balaban J connectivity index is 1.59. The first-order chi connectivity index (χ1) is 10.1. The van der Waals surface area contributed by atoms with E-state index in [0.717, 1.165) is 43.2 Å². The Hall–Kier alpha value is -1.66. The summed E-state index contributed by atoms with van der Waals surface area (Å²) < 4.78 is 1.24. The third-order valence-corrected chi connectivity index (χ3v) is 4.74. The van der Waals surface area contributed by atoms with E-state index in [1.165, 1.54) is 4.70 Å². The maximum atomic E-state index is 11.9. The molecule has 0 unspecified atom stereocenters. The summed E-state index contributed by atoms with van der Waals surface area (Å²) in [5.74, 6) is 0. The SMILES string of the molecule is CN(C)C(=O)N1CCN(Cc2nc3ccccc3s2)CC1. The fraction of sp³-hybridized carbons (Fsp3) is 0.467. The zero-order valence-electron chi connectivity index (χ0n) is 12.5. The number of rotatable bonds is 2. The van der Waals surface area contributed by atoms with Crippen molar-refractivity contribution in [2.75, 3.05) is 40.3 Å². The van der Waals surface area contributed by atoms with Crippen LogP contribution in [0.25, 0.3) is 10.2 Å². The number of para-hydroxylation sites is 1. The lowest BCUT2D eigenvalue weighted by Crippen LogP contribution is -2.51. The molecule has 1 aliphatic heterocycles. The van der Waals surface area contributed by atoms with E-state index < -0.39 is 0 Å². The van der Waals surface area contributed by atoms with Gasteiger partial charge < -0.3 is 9.80 Å². The number of amides is 2. The number of carbonyl (C=O) groups is 1. The van der Waals surface area contributed by atoms with Gasteiger partial charge in [0.15, 0.2) is 0 Å². The van der Waals surface area contributed by atoms with Gasteiger partial charge in [-0.15, -0.1) is 11.3 Å². The highest BCUT2D eigenvalue weighted by Gasteiger charge is 2.22. The third kappa shape index (κ3) is 3.16. The summed E-state index contributed by atoms with van der Waals surface area (Å²) in [6.07, 6.45) is 0. The van der Waals surface area contributed by atoms with Crippen molar-refractivity contribution in [1.82, 2.24) is 19.7 Å². The topological polar surface area (TPSA) is 39.7 Å². The van der Waals surface area contributed by atoms with Crippen LogP contribution >= 0.6 is 11.3 Å². The van der Waals surface area contributed by atoms with Crippen molar-refractivity contribution in [3.63, 3.8) is 0 Å². The fourth-order valence-corrected chi connectivity index (χ4v) is 3.57. The average Bonchev–Trinajstić information content (AvgIpc) is 2.89. The third-order valence-electron chi connectivity index (χ3n) is 3.72. The molecule has 0 aliphatic carbocycles. The number of benzene rings is 1. The predicted molar refractivity (Wildman–Crippen MR) is 85.6 cm³/mol. The molecule has 5 nitrogen and oxygen atoms in total. The van der Waals surface area contributed by atoms with Gasteiger partial charge in [0, 0.05) is 40.3 Å². The molecule has 1 fully saturated rings. The number of fused-ring (bicyclic) bond motifs is 1. The molecule has 2 heterocycles. The maximum absolute atomic E-state index is 11.9. The molecular weight excluding hydrogens is 284 g/mol. The second kappa shape index (κ2) is 5.99. The number of hydrogen-bond donors (Lipinski definition) is 0. The summed E-state index contributed by atoms with van der Waals surface area (Å²) in [5, 5.41) is 1.16. The number of thiazole rings is 1. The van der Waals surface area contributed by atoms with Crippen molar-refractivity contribution in [1.29, 1.82) is 0 Å². The number of urea groups is 1. The summed E-state index contributed by atoms with van der Waals surface area (Å²) in [4.78, 5) is 22.5. The van der Waals surface area contributed by atoms with Crippen molar-refractivity contribution in [3.8, 4) is 0 Å². The molecule has 0 N–H and O–H groups in total. The van der Waals surface area contributed by atoms with E-state index in [0.29, 0.717) is 0 Å². The highest BCUT2D eigenvalue weighted by atomic mass is 32.1. The van der Waals surface area contributed by atoms with Crippen LogP contribution in [0.2, 0.25) is 0 Å². The van der Waals surface area contributed by atoms with Crippen LogP contribution in [0, 0.1) is 0 Å². The normalized spacial score (nSPS) is 16.4. The summed E-state index contributed by atoms with van der Waals surface area (Å²) in [6.45, 7) is 4.29. The molecule has 1 aromatic heterocycles. The Morgan fingerprint density at radius 2 is 1.95 bits per heavy atom. The van der Waals surface area contributed by atoms with Gasteiger partial charge in [0.1, 0.15) is 5.01 Å². The first-order valence-electron chi connectivity index (χ1n) is 7.16. The average molecular weight is 304 g/mol. The van der Waals surface area contributed by atoms with Gasteiger partial charge in [-0.2, -0.15) is 0 Å². The summed E-state index contributed by atoms with van der Waals surface area (Å²) >= 11 is 1.76. The van der Waals surface area contributed by atoms with Crippen LogP contribution in [0.1, 0.15) is 5.01 Å². The van der Waals surface area contributed by atoms with Crippen molar-refractivity contribution < 1.29 is 4.79 Å². The van der Waals surface area contributed by atoms with Crippen molar-refractivity contribution in [3.05, 3.63) is 29.3 Å². The lowest BCUT2D eigenvalue weighted by molar-refractivity contribution is 0.120. The number of hydrogen-bond acceptors (Lipinski definition) is 4. The molecular formula is C15H20N4OS. The maximum Gasteiger partial charge on any atom is 0.319 e. The molecule has 0 radical (unpaired) electrons. The van der Waals surface area contributed by atoms with E-state index in [-0.39, 0.29) is 6.03 Å². The van der Waals surface area contributed by atoms with E-state index >= 15 is 0 Å². The predicted octanol–water partition coefficient (Wildman–Crippen LogP) is 2.10. The Bertz CT molecular complexity index is 598. The van der Waals surface area contributed by atoms with Gasteiger partial charge in [-0.1, -0.05) is 12.1 Å². The van der Waals surface area contributed by atoms with Crippen LogP contribution in [-0.2, 0) is 6.54 Å². The largest absolute Gasteiger partial charge is 0.331 e. The van der Waals surface area contributed by atoms with E-state index in [1.54, 1.807) is 30.3 Å². The van der Waals surface area contributed by atoms with Crippen LogP contribution in [0.3, 0.4) is 0 Å². The highest BCUT2D eigenvalue weighted by Crippen LogP contribution is 2.23. The number of nitrogens with zero attached hydrogens (tertiary/aromatic N) is 4.